The number of benzene rings is 2. The second kappa shape index (κ2) is 5.98. The van der Waals surface area contributed by atoms with Crippen LogP contribution < -0.4 is 0 Å². The highest BCUT2D eigenvalue weighted by Gasteiger charge is 2.45. The van der Waals surface area contributed by atoms with Crippen molar-refractivity contribution in [3.63, 3.8) is 0 Å². The van der Waals surface area contributed by atoms with Crippen molar-refractivity contribution >= 4 is 0 Å². The monoisotopic (exact) mass is 282 g/mol. The maximum Gasteiger partial charge on any atom is 0.0991 e. The van der Waals surface area contributed by atoms with Crippen LogP contribution in [-0.2, 0) is 4.74 Å². The van der Waals surface area contributed by atoms with Crippen LogP contribution in [0.2, 0.25) is 0 Å². The first-order valence-electron chi connectivity index (χ1n) is 7.32. The van der Waals surface area contributed by atoms with Gasteiger partial charge in [-0.1, -0.05) is 60.7 Å². The lowest BCUT2D eigenvalue weighted by Crippen LogP contribution is -2.32. The molecule has 0 N–H and O–H groups in total. The fourth-order valence-electron chi connectivity index (χ4n) is 3.36. The Hall–Kier alpha value is -1.68. The summed E-state index contributed by atoms with van der Waals surface area (Å²) in [4.78, 5) is 0. The standard InChI is InChI=1S/C18H22N2O/c1-19-16(14-10-6-4-7-11-14)18(21-3)17(20(19)2)15-12-8-5-9-13-15/h4-13,16-18H,1-3H3. The molecule has 1 saturated heterocycles. The third-order valence-electron chi connectivity index (χ3n) is 4.48. The maximum absolute atomic E-state index is 5.90. The number of rotatable bonds is 3. The van der Waals surface area contributed by atoms with E-state index in [1.165, 1.54) is 11.1 Å². The second-order valence-electron chi connectivity index (χ2n) is 5.56. The van der Waals surface area contributed by atoms with Gasteiger partial charge in [-0.25, -0.2) is 10.0 Å². The van der Waals surface area contributed by atoms with Crippen LogP contribution in [0.3, 0.4) is 0 Å². The van der Waals surface area contributed by atoms with Gasteiger partial charge in [0.25, 0.3) is 0 Å². The van der Waals surface area contributed by atoms with E-state index in [1.54, 1.807) is 0 Å². The average molecular weight is 282 g/mol. The van der Waals surface area contributed by atoms with E-state index < -0.39 is 0 Å². The normalized spacial score (nSPS) is 27.1. The summed E-state index contributed by atoms with van der Waals surface area (Å²) in [6.07, 6.45) is 0.102. The summed E-state index contributed by atoms with van der Waals surface area (Å²) in [6.45, 7) is 0. The van der Waals surface area contributed by atoms with Gasteiger partial charge in [0.05, 0.1) is 18.2 Å². The zero-order valence-corrected chi connectivity index (χ0v) is 12.8. The highest BCUT2D eigenvalue weighted by Crippen LogP contribution is 2.43. The predicted molar refractivity (Wildman–Crippen MR) is 84.7 cm³/mol. The van der Waals surface area contributed by atoms with Crippen LogP contribution in [0.4, 0.5) is 0 Å². The highest BCUT2D eigenvalue weighted by atomic mass is 16.5. The molecule has 1 fully saturated rings. The molecule has 0 aliphatic carbocycles. The largest absolute Gasteiger partial charge is 0.377 e. The van der Waals surface area contributed by atoms with Crippen LogP contribution in [-0.4, -0.2) is 37.3 Å². The van der Waals surface area contributed by atoms with E-state index in [9.17, 15) is 0 Å². The second-order valence-corrected chi connectivity index (χ2v) is 5.56. The summed E-state index contributed by atoms with van der Waals surface area (Å²) in [7, 11) is 6.07. The van der Waals surface area contributed by atoms with Crippen LogP contribution in [0.25, 0.3) is 0 Å². The summed E-state index contributed by atoms with van der Waals surface area (Å²) in [6, 6.07) is 21.6. The van der Waals surface area contributed by atoms with Crippen molar-refractivity contribution in [1.82, 2.24) is 10.0 Å². The molecule has 3 rings (SSSR count). The van der Waals surface area contributed by atoms with Crippen molar-refractivity contribution in [2.45, 2.75) is 18.2 Å². The lowest BCUT2D eigenvalue weighted by molar-refractivity contribution is 0.0252. The number of likely N-dealkylation sites (N-methyl/N-ethyl adjacent to an activating group) is 2. The molecule has 0 aromatic heterocycles. The number of hydrazine groups is 1. The van der Waals surface area contributed by atoms with Crippen molar-refractivity contribution in [1.29, 1.82) is 0 Å². The zero-order chi connectivity index (χ0) is 14.8. The number of ether oxygens (including phenoxy) is 1. The van der Waals surface area contributed by atoms with E-state index in [2.05, 4.69) is 84.8 Å². The van der Waals surface area contributed by atoms with Crippen LogP contribution in [0, 0.1) is 0 Å². The molecular weight excluding hydrogens is 260 g/mol. The zero-order valence-electron chi connectivity index (χ0n) is 12.8. The molecule has 0 bridgehead atoms. The molecule has 2 aromatic carbocycles. The number of methoxy groups -OCH3 is 1. The van der Waals surface area contributed by atoms with E-state index in [0.717, 1.165) is 0 Å². The maximum atomic E-state index is 5.90. The van der Waals surface area contributed by atoms with E-state index in [0.29, 0.717) is 0 Å². The Kier molecular flexibility index (Phi) is 4.06. The van der Waals surface area contributed by atoms with Crippen LogP contribution in [0.1, 0.15) is 23.2 Å². The smallest absolute Gasteiger partial charge is 0.0991 e. The molecule has 0 saturated carbocycles. The Morgan fingerprint density at radius 2 is 1.10 bits per heavy atom. The minimum absolute atomic E-state index is 0.102. The fourth-order valence-corrected chi connectivity index (χ4v) is 3.36. The minimum atomic E-state index is 0.102. The van der Waals surface area contributed by atoms with Crippen LogP contribution >= 0.6 is 0 Å². The molecule has 1 heterocycles. The van der Waals surface area contributed by atoms with E-state index in [4.69, 9.17) is 4.74 Å². The van der Waals surface area contributed by atoms with Crippen molar-refractivity contribution in [3.8, 4) is 0 Å². The molecule has 0 spiro atoms. The number of hydrogen-bond donors (Lipinski definition) is 0. The molecule has 0 radical (unpaired) electrons. The Labute approximate surface area is 126 Å². The number of nitrogens with zero attached hydrogens (tertiary/aromatic N) is 2. The third-order valence-corrected chi connectivity index (χ3v) is 4.48. The summed E-state index contributed by atoms with van der Waals surface area (Å²) < 4.78 is 5.90. The summed E-state index contributed by atoms with van der Waals surface area (Å²) >= 11 is 0. The van der Waals surface area contributed by atoms with Gasteiger partial charge in [0, 0.05) is 21.2 Å². The van der Waals surface area contributed by atoms with E-state index in [1.807, 2.05) is 7.11 Å². The SMILES string of the molecule is COC1C(c2ccccc2)N(C)N(C)C1c1ccccc1. The summed E-state index contributed by atoms with van der Waals surface area (Å²) in [5.74, 6) is 0. The van der Waals surface area contributed by atoms with Gasteiger partial charge in [-0.2, -0.15) is 0 Å². The van der Waals surface area contributed by atoms with Gasteiger partial charge in [0.15, 0.2) is 0 Å². The van der Waals surface area contributed by atoms with E-state index in [-0.39, 0.29) is 18.2 Å². The van der Waals surface area contributed by atoms with Crippen LogP contribution in [0.5, 0.6) is 0 Å². The molecule has 2 unspecified atom stereocenters. The van der Waals surface area contributed by atoms with Gasteiger partial charge in [-0.15, -0.1) is 0 Å². The Bertz CT molecular complexity index is 521. The molecule has 110 valence electrons. The first-order chi connectivity index (χ1) is 10.2. The summed E-state index contributed by atoms with van der Waals surface area (Å²) in [5.41, 5.74) is 2.58. The minimum Gasteiger partial charge on any atom is -0.377 e. The van der Waals surface area contributed by atoms with Crippen molar-refractivity contribution in [2.24, 2.45) is 0 Å². The van der Waals surface area contributed by atoms with E-state index >= 15 is 0 Å². The predicted octanol–water partition coefficient (Wildman–Crippen LogP) is 3.28. The molecule has 1 aliphatic rings. The molecule has 21 heavy (non-hydrogen) atoms. The van der Waals surface area contributed by atoms with Gasteiger partial charge in [0.1, 0.15) is 0 Å². The molecule has 3 heteroatoms. The molecule has 1 aliphatic heterocycles. The lowest BCUT2D eigenvalue weighted by Gasteiger charge is -2.27. The van der Waals surface area contributed by atoms with Crippen molar-refractivity contribution in [3.05, 3.63) is 71.8 Å². The Morgan fingerprint density at radius 1 is 0.714 bits per heavy atom. The van der Waals surface area contributed by atoms with Gasteiger partial charge < -0.3 is 4.74 Å². The molecule has 2 atom stereocenters. The van der Waals surface area contributed by atoms with Crippen molar-refractivity contribution < 1.29 is 4.74 Å². The molecule has 2 aromatic rings. The lowest BCUT2D eigenvalue weighted by atomic mass is 9.94. The molecule has 3 nitrogen and oxygen atoms in total. The quantitative estimate of drug-likeness (QED) is 0.859. The Balaban J connectivity index is 2.00. The first-order valence-corrected chi connectivity index (χ1v) is 7.32. The van der Waals surface area contributed by atoms with Crippen LogP contribution in [0.15, 0.2) is 60.7 Å². The average Bonchev–Trinajstić information content (AvgIpc) is 2.80. The van der Waals surface area contributed by atoms with Gasteiger partial charge >= 0.3 is 0 Å². The first kappa shape index (κ1) is 14.3. The number of hydrogen-bond acceptors (Lipinski definition) is 3. The molecular formula is C18H22N2O. The van der Waals surface area contributed by atoms with Gasteiger partial charge in [0.2, 0.25) is 0 Å². The fraction of sp³-hybridized carbons (Fsp3) is 0.333. The Morgan fingerprint density at radius 3 is 1.43 bits per heavy atom. The summed E-state index contributed by atoms with van der Waals surface area (Å²) in [5, 5.41) is 4.56. The van der Waals surface area contributed by atoms with Crippen molar-refractivity contribution in [2.75, 3.05) is 21.2 Å². The third kappa shape index (κ3) is 2.48. The molecule has 0 amide bonds. The highest BCUT2D eigenvalue weighted by molar-refractivity contribution is 5.27. The topological polar surface area (TPSA) is 15.7 Å². The van der Waals surface area contributed by atoms with Gasteiger partial charge in [-0.05, 0) is 11.1 Å². The van der Waals surface area contributed by atoms with Gasteiger partial charge in [-0.3, -0.25) is 0 Å².